The molecule has 2 nitrogen and oxygen atoms in total. The number of hydrogen-bond acceptors (Lipinski definition) is 1. The zero-order chi connectivity index (χ0) is 9.10. The van der Waals surface area contributed by atoms with Crippen LogP contribution in [0.3, 0.4) is 0 Å². The van der Waals surface area contributed by atoms with Gasteiger partial charge in [-0.1, -0.05) is 12.1 Å². The summed E-state index contributed by atoms with van der Waals surface area (Å²) < 4.78 is 5.20. The smallest absolute Gasteiger partial charge is 0.119 e. The van der Waals surface area contributed by atoms with Crippen molar-refractivity contribution in [2.75, 3.05) is 13.7 Å². The van der Waals surface area contributed by atoms with Crippen molar-refractivity contribution in [3.8, 4) is 5.75 Å². The molecule has 1 fully saturated rings. The fourth-order valence-electron chi connectivity index (χ4n) is 1.95. The molecule has 0 saturated carbocycles. The Balaban J connectivity index is 2.18. The molecule has 0 radical (unpaired) electrons. The number of quaternary nitrogens is 1. The molecule has 2 heteroatoms. The number of benzene rings is 1. The van der Waals surface area contributed by atoms with Crippen LogP contribution in [0.4, 0.5) is 0 Å². The average Bonchev–Trinajstić information content (AvgIpc) is 2.71. The summed E-state index contributed by atoms with van der Waals surface area (Å²) in [5.41, 5.74) is 1.40. The summed E-state index contributed by atoms with van der Waals surface area (Å²) in [7, 11) is 1.72. The second kappa shape index (κ2) is 3.79. The number of ether oxygens (including phenoxy) is 1. The largest absolute Gasteiger partial charge is 0.497 e. The highest BCUT2D eigenvalue weighted by molar-refractivity contribution is 5.29. The van der Waals surface area contributed by atoms with E-state index >= 15 is 0 Å². The van der Waals surface area contributed by atoms with Crippen molar-refractivity contribution in [2.24, 2.45) is 0 Å². The van der Waals surface area contributed by atoms with Gasteiger partial charge in [-0.25, -0.2) is 0 Å². The lowest BCUT2D eigenvalue weighted by Crippen LogP contribution is -2.81. The molecule has 2 rings (SSSR count). The van der Waals surface area contributed by atoms with Crippen LogP contribution in [0.1, 0.15) is 24.4 Å². The van der Waals surface area contributed by atoms with E-state index in [1.807, 2.05) is 6.07 Å². The van der Waals surface area contributed by atoms with Crippen molar-refractivity contribution in [1.29, 1.82) is 0 Å². The van der Waals surface area contributed by atoms with Crippen LogP contribution >= 0.6 is 0 Å². The summed E-state index contributed by atoms with van der Waals surface area (Å²) in [5.74, 6) is 0.970. The fourth-order valence-corrected chi connectivity index (χ4v) is 1.95. The molecule has 1 aliphatic rings. The van der Waals surface area contributed by atoms with Crippen LogP contribution in [0.15, 0.2) is 24.3 Å². The van der Waals surface area contributed by atoms with E-state index in [-0.39, 0.29) is 0 Å². The predicted octanol–water partition coefficient (Wildman–Crippen LogP) is 1.09. The molecular weight excluding hydrogens is 162 g/mol. The molecule has 0 bridgehead atoms. The van der Waals surface area contributed by atoms with E-state index in [2.05, 4.69) is 23.5 Å². The lowest BCUT2D eigenvalue weighted by molar-refractivity contribution is -0.676. The van der Waals surface area contributed by atoms with E-state index in [0.717, 1.165) is 5.75 Å². The number of methoxy groups -OCH3 is 1. The molecule has 70 valence electrons. The first-order chi connectivity index (χ1) is 6.40. The Kier molecular flexibility index (Phi) is 2.50. The second-order valence-electron chi connectivity index (χ2n) is 3.55. The van der Waals surface area contributed by atoms with Gasteiger partial charge in [-0.3, -0.25) is 0 Å². The summed E-state index contributed by atoms with van der Waals surface area (Å²) in [5, 5.41) is 2.41. The Morgan fingerprint density at radius 2 is 2.38 bits per heavy atom. The van der Waals surface area contributed by atoms with Gasteiger partial charge in [0.15, 0.2) is 0 Å². The molecule has 1 aromatic rings. The highest BCUT2D eigenvalue weighted by Crippen LogP contribution is 2.21. The average molecular weight is 178 g/mol. The van der Waals surface area contributed by atoms with Gasteiger partial charge in [-0.2, -0.15) is 0 Å². The minimum atomic E-state index is 0.662. The van der Waals surface area contributed by atoms with Crippen molar-refractivity contribution in [3.63, 3.8) is 0 Å². The lowest BCUT2D eigenvalue weighted by Gasteiger charge is -2.08. The summed E-state index contributed by atoms with van der Waals surface area (Å²) >= 11 is 0. The highest BCUT2D eigenvalue weighted by Gasteiger charge is 2.20. The van der Waals surface area contributed by atoms with Crippen LogP contribution < -0.4 is 10.1 Å². The Hall–Kier alpha value is -1.02. The maximum atomic E-state index is 5.20. The third-order valence-electron chi connectivity index (χ3n) is 2.69. The third kappa shape index (κ3) is 1.83. The molecule has 0 amide bonds. The van der Waals surface area contributed by atoms with E-state index in [9.17, 15) is 0 Å². The van der Waals surface area contributed by atoms with Crippen molar-refractivity contribution < 1.29 is 10.1 Å². The van der Waals surface area contributed by atoms with Gasteiger partial charge in [0.05, 0.1) is 13.7 Å². The zero-order valence-electron chi connectivity index (χ0n) is 7.99. The molecule has 2 N–H and O–H groups in total. The number of rotatable bonds is 2. The molecule has 1 heterocycles. The molecule has 0 aromatic heterocycles. The Morgan fingerprint density at radius 1 is 1.46 bits per heavy atom. The van der Waals surface area contributed by atoms with E-state index in [4.69, 9.17) is 4.74 Å². The molecule has 0 unspecified atom stereocenters. The van der Waals surface area contributed by atoms with Gasteiger partial charge in [0.25, 0.3) is 0 Å². The van der Waals surface area contributed by atoms with Gasteiger partial charge < -0.3 is 10.1 Å². The van der Waals surface area contributed by atoms with Gasteiger partial charge in [-0.05, 0) is 12.1 Å². The van der Waals surface area contributed by atoms with Crippen molar-refractivity contribution in [2.45, 2.75) is 18.9 Å². The maximum Gasteiger partial charge on any atom is 0.119 e. The van der Waals surface area contributed by atoms with Gasteiger partial charge >= 0.3 is 0 Å². The van der Waals surface area contributed by atoms with Gasteiger partial charge in [0.2, 0.25) is 0 Å². The van der Waals surface area contributed by atoms with Crippen molar-refractivity contribution in [3.05, 3.63) is 29.8 Å². The molecule has 1 atom stereocenters. The summed E-state index contributed by atoms with van der Waals surface area (Å²) in [6.45, 7) is 1.27. The summed E-state index contributed by atoms with van der Waals surface area (Å²) in [6, 6.07) is 9.07. The van der Waals surface area contributed by atoms with Crippen molar-refractivity contribution >= 4 is 0 Å². The standard InChI is InChI=1S/C11H15NO/c1-13-10-5-2-4-9(8-10)11-6-3-7-12-11/h2,4-5,8,11-12H,3,6-7H2,1H3/p+1/t11-/m0/s1. The minimum Gasteiger partial charge on any atom is -0.497 e. The second-order valence-corrected chi connectivity index (χ2v) is 3.55. The topological polar surface area (TPSA) is 25.8 Å². The Bertz CT molecular complexity index is 279. The van der Waals surface area contributed by atoms with Crippen LogP contribution in [0.5, 0.6) is 5.75 Å². The Morgan fingerprint density at radius 3 is 3.08 bits per heavy atom. The third-order valence-corrected chi connectivity index (χ3v) is 2.69. The first-order valence-corrected chi connectivity index (χ1v) is 4.87. The monoisotopic (exact) mass is 178 g/mol. The lowest BCUT2D eigenvalue weighted by atomic mass is 10.1. The van der Waals surface area contributed by atoms with Crippen LogP contribution in [0.2, 0.25) is 0 Å². The minimum absolute atomic E-state index is 0.662. The number of nitrogens with two attached hydrogens (primary N) is 1. The molecule has 13 heavy (non-hydrogen) atoms. The summed E-state index contributed by atoms with van der Waals surface area (Å²) in [6.07, 6.45) is 2.63. The number of hydrogen-bond donors (Lipinski definition) is 1. The van der Waals surface area contributed by atoms with Gasteiger partial charge in [-0.15, -0.1) is 0 Å². The SMILES string of the molecule is COc1cccc([C@@H]2CCC[NH2+]2)c1. The molecule has 0 spiro atoms. The van der Waals surface area contributed by atoms with E-state index in [0.29, 0.717) is 6.04 Å². The van der Waals surface area contributed by atoms with Gasteiger partial charge in [0, 0.05) is 18.4 Å². The predicted molar refractivity (Wildman–Crippen MR) is 51.8 cm³/mol. The van der Waals surface area contributed by atoms with E-state index in [1.165, 1.54) is 24.9 Å². The van der Waals surface area contributed by atoms with E-state index in [1.54, 1.807) is 7.11 Å². The summed E-state index contributed by atoms with van der Waals surface area (Å²) in [4.78, 5) is 0. The quantitative estimate of drug-likeness (QED) is 0.721. The first kappa shape index (κ1) is 8.57. The maximum absolute atomic E-state index is 5.20. The van der Waals surface area contributed by atoms with Crippen LogP contribution in [-0.4, -0.2) is 13.7 Å². The van der Waals surface area contributed by atoms with Crippen LogP contribution in [0, 0.1) is 0 Å². The first-order valence-electron chi connectivity index (χ1n) is 4.87. The normalized spacial score (nSPS) is 21.8. The molecule has 1 aromatic carbocycles. The van der Waals surface area contributed by atoms with Crippen LogP contribution in [-0.2, 0) is 0 Å². The zero-order valence-corrected chi connectivity index (χ0v) is 7.99. The van der Waals surface area contributed by atoms with E-state index < -0.39 is 0 Å². The highest BCUT2D eigenvalue weighted by atomic mass is 16.5. The van der Waals surface area contributed by atoms with Crippen LogP contribution in [0.25, 0.3) is 0 Å². The van der Waals surface area contributed by atoms with Crippen molar-refractivity contribution in [1.82, 2.24) is 0 Å². The molecule has 1 saturated heterocycles. The fraction of sp³-hybridized carbons (Fsp3) is 0.455. The van der Waals surface area contributed by atoms with Gasteiger partial charge in [0.1, 0.15) is 11.8 Å². The molecule has 0 aliphatic carbocycles. The molecule has 1 aliphatic heterocycles. The molecular formula is C11H16NO+. The Labute approximate surface area is 78.9 Å².